The normalized spacial score (nSPS) is 19.9. The van der Waals surface area contributed by atoms with E-state index in [4.69, 9.17) is 28.3 Å². The predicted octanol–water partition coefficient (Wildman–Crippen LogP) is 6.30. The maximum Gasteiger partial charge on any atom is 0.409 e. The van der Waals surface area contributed by atoms with Crippen molar-refractivity contribution in [2.45, 2.75) is 24.3 Å². The molecule has 0 saturated carbocycles. The molecule has 0 amide bonds. The van der Waals surface area contributed by atoms with Crippen molar-refractivity contribution >= 4 is 46.8 Å². The van der Waals surface area contributed by atoms with Gasteiger partial charge in [-0.15, -0.1) is 0 Å². The van der Waals surface area contributed by atoms with E-state index < -0.39 is 23.3 Å². The number of halogens is 5. The highest BCUT2D eigenvalue weighted by atomic mass is 35.5. The molecule has 0 aromatic heterocycles. The van der Waals surface area contributed by atoms with E-state index in [1.165, 1.54) is 36.4 Å². The number of aromatic carboxylic acids is 1. The van der Waals surface area contributed by atoms with Gasteiger partial charge in [-0.3, -0.25) is 0 Å². The second-order valence-electron chi connectivity index (χ2n) is 6.12. The van der Waals surface area contributed by atoms with Crippen LogP contribution in [-0.4, -0.2) is 23.0 Å². The minimum atomic E-state index is -4.60. The highest BCUT2D eigenvalue weighted by molar-refractivity contribution is 7.99. The van der Waals surface area contributed by atoms with Crippen molar-refractivity contribution in [3.63, 3.8) is 0 Å². The standard InChI is InChI=1S/C18H12Cl2F3NO2S/c1-9-4-10(2-3-14(9)16(25)26)15-8-17(27-24-15,18(21,22)23)11-5-12(19)7-13(20)6-11/h2-7H,8H2,1H3,(H,25,26). The molecule has 0 fully saturated rings. The Morgan fingerprint density at radius 2 is 1.81 bits per heavy atom. The molecule has 2 aromatic carbocycles. The monoisotopic (exact) mass is 433 g/mol. The number of alkyl halides is 3. The molecule has 1 aliphatic rings. The SMILES string of the molecule is Cc1cc(C2=NSC(c3cc(Cl)cc(Cl)c3)(C(F)(F)F)C2)ccc1C(=O)O. The van der Waals surface area contributed by atoms with Gasteiger partial charge in [-0.1, -0.05) is 29.3 Å². The second kappa shape index (κ2) is 7.04. The molecule has 1 unspecified atom stereocenters. The number of carboxylic acid groups (broad SMARTS) is 1. The molecule has 1 N–H and O–H groups in total. The zero-order valence-electron chi connectivity index (χ0n) is 13.8. The Morgan fingerprint density at radius 1 is 1.19 bits per heavy atom. The van der Waals surface area contributed by atoms with Gasteiger partial charge >= 0.3 is 12.1 Å². The molecule has 0 spiro atoms. The van der Waals surface area contributed by atoms with Crippen molar-refractivity contribution in [1.82, 2.24) is 0 Å². The summed E-state index contributed by atoms with van der Waals surface area (Å²) in [6.45, 7) is 1.59. The summed E-state index contributed by atoms with van der Waals surface area (Å²) in [4.78, 5) is 11.1. The maximum absolute atomic E-state index is 14.0. The lowest BCUT2D eigenvalue weighted by Crippen LogP contribution is -2.38. The first-order valence-electron chi connectivity index (χ1n) is 7.66. The summed E-state index contributed by atoms with van der Waals surface area (Å²) in [5.74, 6) is -1.10. The number of nitrogens with zero attached hydrogens (tertiary/aromatic N) is 1. The molecule has 0 saturated heterocycles. The average molecular weight is 434 g/mol. The third kappa shape index (κ3) is 3.68. The molecule has 1 atom stereocenters. The Hall–Kier alpha value is -1.70. The number of carboxylic acids is 1. The fourth-order valence-corrected chi connectivity index (χ4v) is 4.42. The van der Waals surface area contributed by atoms with Crippen molar-refractivity contribution in [3.05, 3.63) is 68.7 Å². The predicted molar refractivity (Wildman–Crippen MR) is 101 cm³/mol. The lowest BCUT2D eigenvalue weighted by Gasteiger charge is -2.30. The number of hydrogen-bond donors (Lipinski definition) is 1. The second-order valence-corrected chi connectivity index (χ2v) is 8.06. The quantitative estimate of drug-likeness (QED) is 0.577. The number of carbonyl (C=O) groups is 1. The van der Waals surface area contributed by atoms with Crippen LogP contribution in [0.5, 0.6) is 0 Å². The zero-order valence-corrected chi connectivity index (χ0v) is 16.1. The number of hydrogen-bond acceptors (Lipinski definition) is 3. The van der Waals surface area contributed by atoms with Crippen LogP contribution in [-0.2, 0) is 4.75 Å². The van der Waals surface area contributed by atoms with E-state index in [0.717, 1.165) is 0 Å². The third-order valence-electron chi connectivity index (χ3n) is 4.30. The van der Waals surface area contributed by atoms with E-state index in [2.05, 4.69) is 4.40 Å². The van der Waals surface area contributed by atoms with E-state index in [0.29, 0.717) is 23.1 Å². The summed E-state index contributed by atoms with van der Waals surface area (Å²) in [5, 5.41) is 9.32. The molecule has 1 aliphatic heterocycles. The Bertz CT molecular complexity index is 942. The van der Waals surface area contributed by atoms with Crippen molar-refractivity contribution < 1.29 is 23.1 Å². The fraction of sp³-hybridized carbons (Fsp3) is 0.222. The molecule has 0 aliphatic carbocycles. The maximum atomic E-state index is 14.0. The van der Waals surface area contributed by atoms with Crippen molar-refractivity contribution in [2.75, 3.05) is 0 Å². The van der Waals surface area contributed by atoms with Gasteiger partial charge in [0.25, 0.3) is 0 Å². The lowest BCUT2D eigenvalue weighted by molar-refractivity contribution is -0.159. The Balaban J connectivity index is 2.02. The van der Waals surface area contributed by atoms with Crippen LogP contribution >= 0.6 is 35.1 Å². The summed E-state index contributed by atoms with van der Waals surface area (Å²) in [5.41, 5.74) is 1.14. The number of aryl methyl sites for hydroxylation is 1. The minimum Gasteiger partial charge on any atom is -0.478 e. The molecule has 1 heterocycles. The van der Waals surface area contributed by atoms with Crippen LogP contribution in [0, 0.1) is 6.92 Å². The topological polar surface area (TPSA) is 49.7 Å². The summed E-state index contributed by atoms with van der Waals surface area (Å²) in [6, 6.07) is 8.21. The highest BCUT2D eigenvalue weighted by Crippen LogP contribution is 2.57. The van der Waals surface area contributed by atoms with Crippen LogP contribution in [0.2, 0.25) is 10.0 Å². The molecule has 0 bridgehead atoms. The smallest absolute Gasteiger partial charge is 0.409 e. The summed E-state index contributed by atoms with van der Waals surface area (Å²) in [7, 11) is 0. The van der Waals surface area contributed by atoms with Gasteiger partial charge in [-0.2, -0.15) is 13.2 Å². The van der Waals surface area contributed by atoms with Crippen molar-refractivity contribution in [3.8, 4) is 0 Å². The van der Waals surface area contributed by atoms with Gasteiger partial charge in [0.1, 0.15) is 0 Å². The first kappa shape index (κ1) is 20.0. The minimum absolute atomic E-state index is 0.0740. The van der Waals surface area contributed by atoms with Gasteiger partial charge in [0.05, 0.1) is 11.3 Å². The highest BCUT2D eigenvalue weighted by Gasteiger charge is 2.60. The number of rotatable bonds is 3. The van der Waals surface area contributed by atoms with Crippen LogP contribution in [0.1, 0.15) is 33.5 Å². The van der Waals surface area contributed by atoms with E-state index in [9.17, 15) is 18.0 Å². The third-order valence-corrected chi connectivity index (χ3v) is 5.98. The molecule has 142 valence electrons. The molecule has 0 radical (unpaired) electrons. The van der Waals surface area contributed by atoms with Crippen molar-refractivity contribution in [1.29, 1.82) is 0 Å². The first-order valence-corrected chi connectivity index (χ1v) is 9.19. The van der Waals surface area contributed by atoms with Gasteiger partial charge in [0.15, 0.2) is 4.75 Å². The van der Waals surface area contributed by atoms with Crippen LogP contribution in [0.3, 0.4) is 0 Å². The Morgan fingerprint density at radius 3 is 2.33 bits per heavy atom. The average Bonchev–Trinajstić information content (AvgIpc) is 3.00. The molecule has 27 heavy (non-hydrogen) atoms. The van der Waals surface area contributed by atoms with Crippen LogP contribution in [0.4, 0.5) is 13.2 Å². The van der Waals surface area contributed by atoms with Crippen molar-refractivity contribution in [2.24, 2.45) is 4.40 Å². The fourth-order valence-electron chi connectivity index (χ4n) is 2.93. The molecular weight excluding hydrogens is 422 g/mol. The molecule has 3 nitrogen and oxygen atoms in total. The zero-order chi connectivity index (χ0) is 20.0. The largest absolute Gasteiger partial charge is 0.478 e. The Labute approximate surface area is 167 Å². The molecule has 2 aromatic rings. The van der Waals surface area contributed by atoms with E-state index in [1.54, 1.807) is 6.92 Å². The van der Waals surface area contributed by atoms with Gasteiger partial charge in [0, 0.05) is 16.5 Å². The molecule has 9 heteroatoms. The summed E-state index contributed by atoms with van der Waals surface area (Å²) < 4.78 is 43.9. The summed E-state index contributed by atoms with van der Waals surface area (Å²) >= 11 is 12.2. The number of benzene rings is 2. The lowest BCUT2D eigenvalue weighted by atomic mass is 9.89. The van der Waals surface area contributed by atoms with E-state index in [1.807, 2.05) is 0 Å². The van der Waals surface area contributed by atoms with E-state index >= 15 is 0 Å². The molecule has 3 rings (SSSR count). The Kier molecular flexibility index (Phi) is 5.22. The van der Waals surface area contributed by atoms with Gasteiger partial charge < -0.3 is 5.11 Å². The van der Waals surface area contributed by atoms with Crippen LogP contribution in [0.15, 0.2) is 40.8 Å². The van der Waals surface area contributed by atoms with E-state index in [-0.39, 0.29) is 26.9 Å². The first-order chi connectivity index (χ1) is 12.5. The van der Waals surface area contributed by atoms with Gasteiger partial charge in [0.2, 0.25) is 0 Å². The van der Waals surface area contributed by atoms with Crippen LogP contribution in [0.25, 0.3) is 0 Å². The summed E-state index contributed by atoms with van der Waals surface area (Å²) in [6.07, 6.45) is -5.02. The molecular formula is C18H12Cl2F3NO2S. The van der Waals surface area contributed by atoms with Gasteiger partial charge in [-0.25, -0.2) is 9.19 Å². The van der Waals surface area contributed by atoms with Gasteiger partial charge in [-0.05, 0) is 65.9 Å². The van der Waals surface area contributed by atoms with Crippen LogP contribution < -0.4 is 0 Å².